The minimum absolute atomic E-state index is 0.208. The highest BCUT2D eigenvalue weighted by Gasteiger charge is 2.38. The molecule has 2 aliphatic rings. The zero-order valence-electron chi connectivity index (χ0n) is 10.3. The first kappa shape index (κ1) is 13.2. The number of hydrazone groups is 1. The molecule has 0 unspecified atom stereocenters. The number of aromatic nitrogens is 2. The zero-order chi connectivity index (χ0) is 14.3. The van der Waals surface area contributed by atoms with E-state index in [1.54, 1.807) is 6.20 Å². The van der Waals surface area contributed by atoms with Crippen LogP contribution in [0.1, 0.15) is 5.56 Å². The van der Waals surface area contributed by atoms with Gasteiger partial charge in [-0.1, -0.05) is 4.90 Å². The minimum atomic E-state index is -3.41. The molecule has 8 nitrogen and oxygen atoms in total. The smallest absolute Gasteiger partial charge is 0.226 e. The monoisotopic (exact) mass is 312 g/mol. The van der Waals surface area contributed by atoms with Crippen molar-refractivity contribution in [3.05, 3.63) is 24.2 Å². The van der Waals surface area contributed by atoms with Crippen LogP contribution in [-0.4, -0.2) is 47.9 Å². The largest absolute Gasteiger partial charge is 0.304 e. The molecular formula is C10H9ClN6O2S+. The molecule has 0 N–H and O–H groups in total. The van der Waals surface area contributed by atoms with Crippen molar-refractivity contribution in [1.82, 2.24) is 19.4 Å². The summed E-state index contributed by atoms with van der Waals surface area (Å²) in [6.45, 7) is 0.330. The number of nitrogens with zero attached hydrogens (tertiary/aromatic N) is 6. The molecule has 0 aliphatic carbocycles. The number of hydrogen-bond acceptors (Lipinski definition) is 8. The van der Waals surface area contributed by atoms with Gasteiger partial charge in [0.15, 0.2) is 0 Å². The Kier molecular flexibility index (Phi) is 3.04. The Hall–Kier alpha value is -1.84. The molecular weight excluding hydrogens is 304 g/mol. The van der Waals surface area contributed by atoms with Crippen LogP contribution in [0.4, 0.5) is 0 Å². The lowest BCUT2D eigenvalue weighted by Crippen LogP contribution is -2.42. The average Bonchev–Trinajstić information content (AvgIpc) is 2.81. The van der Waals surface area contributed by atoms with Crippen molar-refractivity contribution in [3.8, 4) is 0 Å². The van der Waals surface area contributed by atoms with E-state index in [9.17, 15) is 8.42 Å². The summed E-state index contributed by atoms with van der Waals surface area (Å²) < 4.78 is 23.9. The topological polar surface area (TPSA) is 93.8 Å². The highest BCUT2D eigenvalue weighted by atomic mass is 35.5. The number of amidine groups is 1. The molecule has 0 atom stereocenters. The van der Waals surface area contributed by atoms with E-state index in [-0.39, 0.29) is 5.16 Å². The van der Waals surface area contributed by atoms with Crippen molar-refractivity contribution in [2.24, 2.45) is 10.1 Å². The van der Waals surface area contributed by atoms with Gasteiger partial charge in [-0.3, -0.25) is 0 Å². The van der Waals surface area contributed by atoms with Gasteiger partial charge in [0, 0.05) is 30.4 Å². The van der Waals surface area contributed by atoms with Crippen LogP contribution in [0.2, 0.25) is 0 Å². The van der Waals surface area contributed by atoms with Crippen molar-refractivity contribution in [3.63, 3.8) is 0 Å². The highest BCUT2D eigenvalue weighted by molar-refractivity contribution is 7.90. The Balaban J connectivity index is 1.90. The van der Waals surface area contributed by atoms with Crippen LogP contribution in [0.25, 0.3) is 5.70 Å². The number of sulfone groups is 1. The predicted octanol–water partition coefficient (Wildman–Crippen LogP) is 0.143. The number of hydrogen-bond donors (Lipinski definition) is 0. The van der Waals surface area contributed by atoms with Gasteiger partial charge in [-0.2, -0.15) is 10.1 Å². The third-order valence-corrected chi connectivity index (χ3v) is 3.77. The number of aliphatic imine (C=N–C) groups is 1. The molecule has 1 radical (unpaired) electrons. The van der Waals surface area contributed by atoms with Crippen LogP contribution in [0.5, 0.6) is 0 Å². The summed E-state index contributed by atoms with van der Waals surface area (Å²) in [5, 5.41) is 3.70. The summed E-state index contributed by atoms with van der Waals surface area (Å²) in [7, 11) is -3.41. The number of rotatable bonds is 2. The SMILES string of the molecule is CS(=O)(=O)c1ncc(C2=CN=C3C=NN(Cl)C[N+]23)cn1. The second-order valence-corrected chi connectivity index (χ2v) is 6.48. The second kappa shape index (κ2) is 4.62. The van der Waals surface area contributed by atoms with Crippen molar-refractivity contribution in [2.45, 2.75) is 5.16 Å². The van der Waals surface area contributed by atoms with Crippen LogP contribution >= 0.6 is 11.8 Å². The van der Waals surface area contributed by atoms with Crippen molar-refractivity contribution < 1.29 is 8.42 Å². The van der Waals surface area contributed by atoms with E-state index < -0.39 is 9.84 Å². The summed E-state index contributed by atoms with van der Waals surface area (Å²) in [5.41, 5.74) is 1.38. The molecule has 0 fully saturated rings. The minimum Gasteiger partial charge on any atom is -0.226 e. The Labute approximate surface area is 120 Å². The summed E-state index contributed by atoms with van der Waals surface area (Å²) in [5.74, 6) is 0.657. The van der Waals surface area contributed by atoms with Gasteiger partial charge in [-0.05, 0) is 0 Å². The maximum Gasteiger partial charge on any atom is 0.304 e. The lowest BCUT2D eigenvalue weighted by molar-refractivity contribution is 0.425. The molecule has 0 spiro atoms. The molecule has 20 heavy (non-hydrogen) atoms. The third-order valence-electron chi connectivity index (χ3n) is 2.70. The molecule has 0 aromatic carbocycles. The zero-order valence-corrected chi connectivity index (χ0v) is 11.9. The van der Waals surface area contributed by atoms with E-state index in [1.807, 2.05) is 4.90 Å². The van der Waals surface area contributed by atoms with Gasteiger partial charge in [0.05, 0.1) is 5.56 Å². The summed E-state index contributed by atoms with van der Waals surface area (Å²) in [6.07, 6.45) is 7.11. The molecule has 103 valence electrons. The van der Waals surface area contributed by atoms with Crippen molar-refractivity contribution in [1.29, 1.82) is 0 Å². The van der Waals surface area contributed by atoms with E-state index in [1.165, 1.54) is 23.1 Å². The molecule has 0 amide bonds. The molecule has 0 saturated carbocycles. The van der Waals surface area contributed by atoms with Crippen molar-refractivity contribution in [2.75, 3.05) is 12.9 Å². The van der Waals surface area contributed by atoms with Crippen LogP contribution in [0, 0.1) is 0 Å². The van der Waals surface area contributed by atoms with E-state index >= 15 is 0 Å². The standard InChI is InChI=1S/C10H9ClN6O2S/c1-20(18,19)10-13-2-7(3-14-10)8-4-12-9-5-15-17(11)6-16(8)9/h2-5H,6H2,1H3/q+1. The summed E-state index contributed by atoms with van der Waals surface area (Å²) in [4.78, 5) is 13.7. The lowest BCUT2D eigenvalue weighted by Gasteiger charge is -2.16. The number of halogens is 1. The lowest BCUT2D eigenvalue weighted by atomic mass is 10.2. The van der Waals surface area contributed by atoms with E-state index in [0.717, 1.165) is 12.0 Å². The fourth-order valence-electron chi connectivity index (χ4n) is 1.78. The van der Waals surface area contributed by atoms with Gasteiger partial charge < -0.3 is 0 Å². The van der Waals surface area contributed by atoms with Crippen LogP contribution in [0.3, 0.4) is 0 Å². The quantitative estimate of drug-likeness (QED) is 0.440. The van der Waals surface area contributed by atoms with E-state index in [2.05, 4.69) is 20.1 Å². The molecule has 1 aromatic heterocycles. The van der Waals surface area contributed by atoms with Gasteiger partial charge in [-0.15, -0.1) is 4.53 Å². The number of fused-ring (bicyclic) bond motifs is 1. The van der Waals surface area contributed by atoms with Crippen LogP contribution < -0.4 is 4.90 Å². The van der Waals surface area contributed by atoms with Gasteiger partial charge in [0.25, 0.3) is 0 Å². The van der Waals surface area contributed by atoms with E-state index in [4.69, 9.17) is 11.8 Å². The summed E-state index contributed by atoms with van der Waals surface area (Å²) >= 11 is 5.82. The molecule has 0 saturated heterocycles. The predicted molar refractivity (Wildman–Crippen MR) is 73.7 cm³/mol. The first-order valence-corrected chi connectivity index (χ1v) is 7.73. The maximum absolute atomic E-state index is 11.3. The van der Waals surface area contributed by atoms with Crippen LogP contribution in [-0.2, 0) is 9.84 Å². The molecule has 2 aliphatic heterocycles. The normalized spacial score (nSPS) is 18.8. The molecule has 3 rings (SSSR count). The Bertz CT molecular complexity index is 740. The van der Waals surface area contributed by atoms with Gasteiger partial charge >= 0.3 is 5.84 Å². The van der Waals surface area contributed by atoms with Gasteiger partial charge in [-0.25, -0.2) is 18.4 Å². The van der Waals surface area contributed by atoms with Gasteiger partial charge in [0.1, 0.15) is 12.4 Å². The highest BCUT2D eigenvalue weighted by Crippen LogP contribution is 2.23. The first-order valence-electron chi connectivity index (χ1n) is 5.50. The molecule has 1 aromatic rings. The van der Waals surface area contributed by atoms with Crippen molar-refractivity contribution >= 4 is 39.4 Å². The average molecular weight is 313 g/mol. The third kappa shape index (κ3) is 2.30. The Morgan fingerprint density at radius 3 is 2.70 bits per heavy atom. The molecule has 10 heteroatoms. The molecule has 3 heterocycles. The van der Waals surface area contributed by atoms with Crippen LogP contribution in [0.15, 0.2) is 33.8 Å². The summed E-state index contributed by atoms with van der Waals surface area (Å²) in [6, 6.07) is 0. The maximum atomic E-state index is 11.3. The fraction of sp³-hybridized carbons (Fsp3) is 0.200. The Morgan fingerprint density at radius 1 is 1.35 bits per heavy atom. The van der Waals surface area contributed by atoms with E-state index in [0.29, 0.717) is 18.1 Å². The Morgan fingerprint density at radius 2 is 2.05 bits per heavy atom. The molecule has 0 bridgehead atoms. The fourth-order valence-corrected chi connectivity index (χ4v) is 2.42. The second-order valence-electron chi connectivity index (χ2n) is 4.18. The first-order chi connectivity index (χ1) is 9.45. The van der Waals surface area contributed by atoms with Gasteiger partial charge in [0.2, 0.25) is 27.4 Å².